The summed E-state index contributed by atoms with van der Waals surface area (Å²) in [5.74, 6) is 0.384. The molecule has 11 nitrogen and oxygen atoms in total. The first-order valence-electron chi connectivity index (χ1n) is 15.6. The number of nitrogens with zero attached hydrogens (tertiary/aromatic N) is 6. The maximum absolute atomic E-state index is 12.2. The molecule has 244 valence electrons. The first kappa shape index (κ1) is 31.3. The Bertz CT molecular complexity index is 1850. The maximum atomic E-state index is 12.2. The van der Waals surface area contributed by atoms with E-state index in [0.717, 1.165) is 54.8 Å². The van der Waals surface area contributed by atoms with Gasteiger partial charge >= 0.3 is 5.69 Å². The lowest BCUT2D eigenvalue weighted by Crippen LogP contribution is -2.46. The Labute approximate surface area is 282 Å². The van der Waals surface area contributed by atoms with Gasteiger partial charge in [-0.15, -0.1) is 0 Å². The summed E-state index contributed by atoms with van der Waals surface area (Å²) in [7, 11) is 0. The molecular weight excluding hydrogens is 641 g/mol. The lowest BCUT2D eigenvalue weighted by molar-refractivity contribution is -0.189. The minimum Gasteiger partial charge on any atom is -0.491 e. The molecule has 2 fully saturated rings. The lowest BCUT2D eigenvalue weighted by atomic mass is 10.1. The predicted octanol–water partition coefficient (Wildman–Crippen LogP) is 5.30. The highest BCUT2D eigenvalue weighted by Gasteiger charge is 2.45. The van der Waals surface area contributed by atoms with Crippen molar-refractivity contribution in [1.29, 1.82) is 0 Å². The summed E-state index contributed by atoms with van der Waals surface area (Å²) in [6.45, 7) is 6.59. The topological polar surface area (TPSA) is 103 Å². The number of anilines is 2. The molecule has 1 N–H and O–H groups in total. The summed E-state index contributed by atoms with van der Waals surface area (Å²) in [5.41, 5.74) is 3.59. The van der Waals surface area contributed by atoms with Crippen LogP contribution in [0.5, 0.6) is 5.75 Å². The van der Waals surface area contributed by atoms with Crippen LogP contribution in [0.15, 0.2) is 90.2 Å². The largest absolute Gasteiger partial charge is 0.491 e. The molecule has 5 aromatic rings. The van der Waals surface area contributed by atoms with Crippen LogP contribution in [0.4, 0.5) is 11.4 Å². The van der Waals surface area contributed by atoms with E-state index >= 15 is 0 Å². The standard InChI is InChI=1S/C34H35Cl2N7O4/c1-2-32-38-39-33(44)43(32)27-6-4-25(5-7-27)41-15-17-42(18-16-41)26-8-10-28(11-9-26)45-20-29-21-46-34(47-29,22-40-14-13-37-23-40)30-12-3-24(35)19-31(30)36/h3-14,19,23,29H,2,15-18,20-22H2,1H3,(H,39,44)/t29-,34-/m1/s1. The third kappa shape index (κ3) is 6.62. The van der Waals surface area contributed by atoms with E-state index in [4.69, 9.17) is 37.4 Å². The summed E-state index contributed by atoms with van der Waals surface area (Å²) < 4.78 is 22.5. The Kier molecular flexibility index (Phi) is 8.96. The average molecular weight is 677 g/mol. The van der Waals surface area contributed by atoms with E-state index in [2.05, 4.69) is 49.2 Å². The highest BCUT2D eigenvalue weighted by atomic mass is 35.5. The van der Waals surface area contributed by atoms with Gasteiger partial charge in [0.1, 0.15) is 24.3 Å². The van der Waals surface area contributed by atoms with Crippen molar-refractivity contribution in [3.63, 3.8) is 0 Å². The molecular formula is C34H35Cl2N7O4. The smallest absolute Gasteiger partial charge is 0.347 e. The number of hydrogen-bond acceptors (Lipinski definition) is 8. The maximum Gasteiger partial charge on any atom is 0.347 e. The van der Waals surface area contributed by atoms with Crippen LogP contribution in [0.3, 0.4) is 0 Å². The Hall–Kier alpha value is -4.29. The third-order valence-corrected chi connectivity index (χ3v) is 9.15. The number of ether oxygens (including phenoxy) is 3. The average Bonchev–Trinajstić information content (AvgIpc) is 3.85. The number of imidazole rings is 1. The van der Waals surface area contributed by atoms with Gasteiger partial charge < -0.3 is 28.6 Å². The molecule has 0 aliphatic carbocycles. The van der Waals surface area contributed by atoms with Crippen molar-refractivity contribution >= 4 is 34.6 Å². The van der Waals surface area contributed by atoms with E-state index in [1.54, 1.807) is 29.2 Å². The predicted molar refractivity (Wildman–Crippen MR) is 181 cm³/mol. The summed E-state index contributed by atoms with van der Waals surface area (Å²) in [4.78, 5) is 21.1. The first-order valence-corrected chi connectivity index (χ1v) is 16.4. The number of aryl methyl sites for hydroxylation is 1. The van der Waals surface area contributed by atoms with E-state index in [1.165, 1.54) is 0 Å². The van der Waals surface area contributed by atoms with Gasteiger partial charge in [0.15, 0.2) is 0 Å². The van der Waals surface area contributed by atoms with E-state index in [1.807, 2.05) is 48.0 Å². The van der Waals surface area contributed by atoms with E-state index in [0.29, 0.717) is 41.8 Å². The SMILES string of the molecule is CCc1n[nH]c(=O)n1-c1ccc(N2CCN(c3ccc(OC[C@@H]4CO[C@@](Cn5ccnc5)(c5ccc(Cl)cc5Cl)O4)cc3)CC2)cc1. The number of H-pyrrole nitrogens is 1. The lowest BCUT2D eigenvalue weighted by Gasteiger charge is -2.37. The molecule has 47 heavy (non-hydrogen) atoms. The molecule has 2 aromatic heterocycles. The number of aromatic amines is 1. The van der Waals surface area contributed by atoms with Gasteiger partial charge in [0, 0.05) is 67.0 Å². The van der Waals surface area contributed by atoms with Crippen LogP contribution in [-0.4, -0.2) is 69.8 Å². The van der Waals surface area contributed by atoms with Crippen LogP contribution in [0.25, 0.3) is 5.69 Å². The molecule has 4 heterocycles. The highest BCUT2D eigenvalue weighted by Crippen LogP contribution is 2.40. The van der Waals surface area contributed by atoms with Gasteiger partial charge in [-0.25, -0.2) is 19.4 Å². The molecule has 0 amide bonds. The van der Waals surface area contributed by atoms with Crippen LogP contribution >= 0.6 is 23.2 Å². The highest BCUT2D eigenvalue weighted by molar-refractivity contribution is 6.35. The zero-order chi connectivity index (χ0) is 32.4. The van der Waals surface area contributed by atoms with E-state index < -0.39 is 5.79 Å². The number of hydrogen-bond donors (Lipinski definition) is 1. The minimum absolute atomic E-state index is 0.219. The van der Waals surface area contributed by atoms with Gasteiger partial charge in [-0.2, -0.15) is 5.10 Å². The molecule has 3 aromatic carbocycles. The molecule has 7 rings (SSSR count). The van der Waals surface area contributed by atoms with Crippen molar-refractivity contribution in [1.82, 2.24) is 24.3 Å². The fraction of sp³-hybridized carbons (Fsp3) is 0.324. The number of rotatable bonds is 10. The number of nitrogens with one attached hydrogen (secondary N) is 1. The Morgan fingerprint density at radius 3 is 2.28 bits per heavy atom. The summed E-state index contributed by atoms with van der Waals surface area (Å²) in [6, 6.07) is 21.6. The molecule has 0 radical (unpaired) electrons. The molecule has 0 bridgehead atoms. The normalized spacial score (nSPS) is 19.8. The second-order valence-corrected chi connectivity index (χ2v) is 12.4. The number of aromatic nitrogens is 5. The van der Waals surface area contributed by atoms with Crippen molar-refractivity contribution in [3.8, 4) is 11.4 Å². The van der Waals surface area contributed by atoms with Crippen LogP contribution in [0, 0.1) is 0 Å². The van der Waals surface area contributed by atoms with Crippen molar-refractivity contribution in [2.24, 2.45) is 0 Å². The Morgan fingerprint density at radius 1 is 0.957 bits per heavy atom. The monoisotopic (exact) mass is 675 g/mol. The van der Waals surface area contributed by atoms with Gasteiger partial charge in [0.2, 0.25) is 5.79 Å². The number of piperazine rings is 1. The minimum atomic E-state index is -1.09. The quantitative estimate of drug-likeness (QED) is 0.213. The number of benzene rings is 3. The summed E-state index contributed by atoms with van der Waals surface area (Å²) in [6.07, 6.45) is 5.66. The van der Waals surface area contributed by atoms with Crippen molar-refractivity contribution < 1.29 is 14.2 Å². The van der Waals surface area contributed by atoms with Gasteiger partial charge in [0.05, 0.1) is 30.2 Å². The first-order chi connectivity index (χ1) is 22.9. The molecule has 2 saturated heterocycles. The summed E-state index contributed by atoms with van der Waals surface area (Å²) in [5, 5.41) is 7.66. The van der Waals surface area contributed by atoms with Crippen LogP contribution < -0.4 is 20.2 Å². The van der Waals surface area contributed by atoms with Crippen LogP contribution in [0.2, 0.25) is 10.0 Å². The van der Waals surface area contributed by atoms with E-state index in [9.17, 15) is 4.79 Å². The van der Waals surface area contributed by atoms with Crippen molar-refractivity contribution in [2.45, 2.75) is 31.8 Å². The molecule has 2 atom stereocenters. The molecule has 13 heteroatoms. The van der Waals surface area contributed by atoms with Gasteiger partial charge in [-0.1, -0.05) is 36.2 Å². The van der Waals surface area contributed by atoms with Gasteiger partial charge in [0.25, 0.3) is 0 Å². The van der Waals surface area contributed by atoms with Crippen LogP contribution in [-0.2, 0) is 28.2 Å². The molecule has 0 saturated carbocycles. The Morgan fingerprint density at radius 2 is 1.64 bits per heavy atom. The third-order valence-electron chi connectivity index (χ3n) is 8.60. The molecule has 0 spiro atoms. The van der Waals surface area contributed by atoms with Crippen molar-refractivity contribution in [2.75, 3.05) is 49.2 Å². The van der Waals surface area contributed by atoms with Crippen molar-refractivity contribution in [3.05, 3.63) is 117 Å². The van der Waals surface area contributed by atoms with Gasteiger partial charge in [-0.3, -0.25) is 0 Å². The zero-order valence-corrected chi connectivity index (χ0v) is 27.4. The molecule has 2 aliphatic heterocycles. The number of halogens is 2. The zero-order valence-electron chi connectivity index (χ0n) is 25.9. The molecule has 2 aliphatic rings. The van der Waals surface area contributed by atoms with E-state index in [-0.39, 0.29) is 11.8 Å². The van der Waals surface area contributed by atoms with Crippen LogP contribution in [0.1, 0.15) is 18.3 Å². The fourth-order valence-corrected chi connectivity index (χ4v) is 6.74. The second-order valence-electron chi connectivity index (χ2n) is 11.6. The van der Waals surface area contributed by atoms with Gasteiger partial charge in [-0.05, 0) is 60.7 Å². The Balaban J connectivity index is 0.935. The molecule has 0 unspecified atom stereocenters. The second kappa shape index (κ2) is 13.4. The summed E-state index contributed by atoms with van der Waals surface area (Å²) >= 11 is 12.8. The fourth-order valence-electron chi connectivity index (χ4n) is 6.19.